The molecule has 0 aliphatic carbocycles. The molecule has 0 fully saturated rings. The van der Waals surface area contributed by atoms with Crippen LogP contribution in [0, 0.1) is 6.92 Å². The van der Waals surface area contributed by atoms with E-state index in [4.69, 9.17) is 9.52 Å². The molecule has 1 N–H and O–H groups in total. The zero-order valence-electron chi connectivity index (χ0n) is 5.93. The fourth-order valence-electron chi connectivity index (χ4n) is 0.884. The molecule has 11 heavy (non-hydrogen) atoms. The van der Waals surface area contributed by atoms with Gasteiger partial charge in [-0.3, -0.25) is 0 Å². The topological polar surface area (TPSA) is 50.4 Å². The fourth-order valence-corrected chi connectivity index (χ4v) is 1.30. The van der Waals surface area contributed by atoms with Crippen molar-refractivity contribution >= 4 is 21.9 Å². The molecule has 0 aromatic carbocycles. The number of rotatable bonds is 2. The third-order valence-corrected chi connectivity index (χ3v) is 1.90. The second-order valence-corrected chi connectivity index (χ2v) is 2.72. The van der Waals surface area contributed by atoms with E-state index < -0.39 is 5.97 Å². The first-order valence-corrected chi connectivity index (χ1v) is 4.15. The molecule has 1 rings (SSSR count). The van der Waals surface area contributed by atoms with Crippen molar-refractivity contribution in [3.8, 4) is 0 Å². The van der Waals surface area contributed by atoms with Crippen molar-refractivity contribution in [3.05, 3.63) is 23.2 Å². The van der Waals surface area contributed by atoms with Gasteiger partial charge in [0.05, 0.1) is 11.6 Å². The van der Waals surface area contributed by atoms with Crippen LogP contribution in [0.4, 0.5) is 0 Å². The van der Waals surface area contributed by atoms with Crippen molar-refractivity contribution in [3.63, 3.8) is 0 Å². The molecule has 0 atom stereocenters. The molecule has 0 radical (unpaired) electrons. The zero-order valence-corrected chi connectivity index (χ0v) is 7.51. The summed E-state index contributed by atoms with van der Waals surface area (Å²) in [6, 6.07) is 0. The maximum atomic E-state index is 10.6. The zero-order chi connectivity index (χ0) is 8.43. The first kappa shape index (κ1) is 8.33. The Morgan fingerprint density at radius 1 is 1.82 bits per heavy atom. The second-order valence-electron chi connectivity index (χ2n) is 2.16. The number of carbonyl (C=O) groups is 1. The molecule has 1 heterocycles. The molecule has 1 aromatic rings. The lowest BCUT2D eigenvalue weighted by Crippen LogP contribution is -1.99. The predicted octanol–water partition coefficient (Wildman–Crippen LogP) is 2.18. The van der Waals surface area contributed by atoms with Gasteiger partial charge in [0.15, 0.2) is 0 Å². The predicted molar refractivity (Wildman–Crippen MR) is 43.0 cm³/mol. The first-order chi connectivity index (χ1) is 5.16. The molecule has 3 nitrogen and oxygen atoms in total. The van der Waals surface area contributed by atoms with Gasteiger partial charge >= 0.3 is 5.97 Å². The number of halogens is 1. The summed E-state index contributed by atoms with van der Waals surface area (Å²) in [6.45, 7) is 1.71. The number of aryl methyl sites for hydroxylation is 1. The molecule has 0 saturated carbocycles. The average molecular weight is 219 g/mol. The molecule has 0 spiro atoms. The van der Waals surface area contributed by atoms with Crippen LogP contribution >= 0.6 is 15.9 Å². The highest BCUT2D eigenvalue weighted by Crippen LogP contribution is 2.18. The standard InChI is InChI=1S/C7H7BrO3/c1-4-3-11-5(2-8)6(4)7(9)10/h3H,2H2,1H3,(H,9,10). The van der Waals surface area contributed by atoms with Crippen LogP contribution in [0.5, 0.6) is 0 Å². The highest BCUT2D eigenvalue weighted by atomic mass is 79.9. The summed E-state index contributed by atoms with van der Waals surface area (Å²) in [5.74, 6) is -0.472. The lowest BCUT2D eigenvalue weighted by atomic mass is 10.2. The molecule has 4 heteroatoms. The first-order valence-electron chi connectivity index (χ1n) is 3.03. The third-order valence-electron chi connectivity index (χ3n) is 1.39. The molecular weight excluding hydrogens is 212 g/mol. The van der Waals surface area contributed by atoms with Crippen molar-refractivity contribution in [2.75, 3.05) is 0 Å². The number of aromatic carboxylic acids is 1. The van der Waals surface area contributed by atoms with E-state index in [2.05, 4.69) is 15.9 Å². The molecule has 1 aromatic heterocycles. The van der Waals surface area contributed by atoms with Gasteiger partial charge in [0.25, 0.3) is 0 Å². The largest absolute Gasteiger partial charge is 0.478 e. The molecule has 60 valence electrons. The summed E-state index contributed by atoms with van der Waals surface area (Å²) in [7, 11) is 0. The molecule has 0 amide bonds. The third kappa shape index (κ3) is 1.45. The van der Waals surface area contributed by atoms with Crippen LogP contribution in [0.1, 0.15) is 21.7 Å². The summed E-state index contributed by atoms with van der Waals surface area (Å²) >= 11 is 3.13. The van der Waals surface area contributed by atoms with Crippen LogP contribution in [-0.4, -0.2) is 11.1 Å². The molecule has 0 aliphatic heterocycles. The SMILES string of the molecule is Cc1coc(CBr)c1C(=O)O. The summed E-state index contributed by atoms with van der Waals surface area (Å²) in [6.07, 6.45) is 1.44. The highest BCUT2D eigenvalue weighted by Gasteiger charge is 2.15. The molecule has 0 bridgehead atoms. The Hall–Kier alpha value is -0.770. The van der Waals surface area contributed by atoms with Crippen molar-refractivity contribution in [1.82, 2.24) is 0 Å². The number of hydrogen-bond donors (Lipinski definition) is 1. The molecule has 0 aliphatic rings. The van der Waals surface area contributed by atoms with Crippen LogP contribution in [0.15, 0.2) is 10.7 Å². The number of furan rings is 1. The lowest BCUT2D eigenvalue weighted by molar-refractivity contribution is 0.0694. The van der Waals surface area contributed by atoms with Gasteiger partial charge in [-0.1, -0.05) is 15.9 Å². The second kappa shape index (κ2) is 3.09. The van der Waals surface area contributed by atoms with Gasteiger partial charge in [-0.2, -0.15) is 0 Å². The van der Waals surface area contributed by atoms with Crippen LogP contribution in [0.2, 0.25) is 0 Å². The maximum absolute atomic E-state index is 10.6. The van der Waals surface area contributed by atoms with E-state index in [-0.39, 0.29) is 5.56 Å². The van der Waals surface area contributed by atoms with E-state index in [9.17, 15) is 4.79 Å². The van der Waals surface area contributed by atoms with Gasteiger partial charge in [0.1, 0.15) is 11.3 Å². The minimum atomic E-state index is -0.939. The van der Waals surface area contributed by atoms with Crippen LogP contribution < -0.4 is 0 Å². The van der Waals surface area contributed by atoms with Crippen molar-refractivity contribution in [2.45, 2.75) is 12.3 Å². The number of carboxylic acids is 1. The van der Waals surface area contributed by atoms with Gasteiger partial charge in [-0.05, 0) is 6.92 Å². The summed E-state index contributed by atoms with van der Waals surface area (Å²) in [5.41, 5.74) is 0.925. The Morgan fingerprint density at radius 3 is 2.82 bits per heavy atom. The Balaban J connectivity index is 3.17. The van der Waals surface area contributed by atoms with Gasteiger partial charge < -0.3 is 9.52 Å². The minimum absolute atomic E-state index is 0.266. The van der Waals surface area contributed by atoms with Crippen LogP contribution in [0.25, 0.3) is 0 Å². The van der Waals surface area contributed by atoms with Gasteiger partial charge in [-0.25, -0.2) is 4.79 Å². The van der Waals surface area contributed by atoms with Crippen molar-refractivity contribution in [2.24, 2.45) is 0 Å². The van der Waals surface area contributed by atoms with Crippen LogP contribution in [-0.2, 0) is 5.33 Å². The maximum Gasteiger partial charge on any atom is 0.339 e. The lowest BCUT2D eigenvalue weighted by Gasteiger charge is -1.92. The quantitative estimate of drug-likeness (QED) is 0.775. The minimum Gasteiger partial charge on any atom is -0.478 e. The monoisotopic (exact) mass is 218 g/mol. The number of hydrogen-bond acceptors (Lipinski definition) is 2. The molecular formula is C7H7BrO3. The summed E-state index contributed by atoms with van der Waals surface area (Å²) in [4.78, 5) is 10.6. The summed E-state index contributed by atoms with van der Waals surface area (Å²) < 4.78 is 4.98. The average Bonchev–Trinajstić information content (AvgIpc) is 2.30. The molecule has 0 saturated heterocycles. The Morgan fingerprint density at radius 2 is 2.45 bits per heavy atom. The Bertz CT molecular complexity index is 277. The van der Waals surface area contributed by atoms with E-state index >= 15 is 0 Å². The van der Waals surface area contributed by atoms with E-state index in [1.807, 2.05) is 0 Å². The Kier molecular flexibility index (Phi) is 2.34. The highest BCUT2D eigenvalue weighted by molar-refractivity contribution is 9.08. The smallest absolute Gasteiger partial charge is 0.339 e. The number of carboxylic acid groups (broad SMARTS) is 1. The van der Waals surface area contributed by atoms with E-state index in [1.54, 1.807) is 6.92 Å². The van der Waals surface area contributed by atoms with Crippen LogP contribution in [0.3, 0.4) is 0 Å². The molecule has 0 unspecified atom stereocenters. The Labute approximate surface area is 72.1 Å². The van der Waals surface area contributed by atoms with E-state index in [0.29, 0.717) is 16.7 Å². The van der Waals surface area contributed by atoms with Gasteiger partial charge in [0, 0.05) is 5.56 Å². The van der Waals surface area contributed by atoms with Gasteiger partial charge in [-0.15, -0.1) is 0 Å². The van der Waals surface area contributed by atoms with Gasteiger partial charge in [0.2, 0.25) is 0 Å². The summed E-state index contributed by atoms with van der Waals surface area (Å²) in [5, 5.41) is 9.12. The van der Waals surface area contributed by atoms with E-state index in [0.717, 1.165) is 0 Å². The number of alkyl halides is 1. The normalized spacial score (nSPS) is 10.0. The fraction of sp³-hybridized carbons (Fsp3) is 0.286. The van der Waals surface area contributed by atoms with Crippen molar-refractivity contribution < 1.29 is 14.3 Å². The van der Waals surface area contributed by atoms with E-state index in [1.165, 1.54) is 6.26 Å². The van der Waals surface area contributed by atoms with Crippen molar-refractivity contribution in [1.29, 1.82) is 0 Å².